The predicted octanol–water partition coefficient (Wildman–Crippen LogP) is 3.78. The van der Waals surface area contributed by atoms with Gasteiger partial charge in [0.15, 0.2) is 0 Å². The molecule has 1 aromatic heterocycles. The maximum atomic E-state index is 4.53. The zero-order chi connectivity index (χ0) is 10.7. The molecule has 15 heavy (non-hydrogen) atoms. The van der Waals surface area contributed by atoms with Crippen molar-refractivity contribution in [2.45, 2.75) is 11.9 Å². The van der Waals surface area contributed by atoms with Gasteiger partial charge in [-0.25, -0.2) is 4.98 Å². The van der Waals surface area contributed by atoms with Crippen molar-refractivity contribution in [1.29, 1.82) is 0 Å². The summed E-state index contributed by atoms with van der Waals surface area (Å²) in [6.07, 6.45) is 2.06. The topological polar surface area (TPSA) is 12.9 Å². The smallest absolute Gasteiger partial charge is 0.104 e. The Bertz CT molecular complexity index is 451. The van der Waals surface area contributed by atoms with Gasteiger partial charge in [-0.2, -0.15) is 0 Å². The summed E-state index contributed by atoms with van der Waals surface area (Å²) in [5.41, 5.74) is 3.52. The molecular formula is C13H13NS. The summed E-state index contributed by atoms with van der Waals surface area (Å²) in [6, 6.07) is 14.6. The fraction of sp³-hybridized carbons (Fsp3) is 0.154. The molecule has 0 amide bonds. The summed E-state index contributed by atoms with van der Waals surface area (Å²) in [5, 5.41) is 1.10. The quantitative estimate of drug-likeness (QED) is 0.707. The maximum Gasteiger partial charge on any atom is 0.104 e. The first-order valence-electron chi connectivity index (χ1n) is 4.88. The summed E-state index contributed by atoms with van der Waals surface area (Å²) in [7, 11) is 0. The van der Waals surface area contributed by atoms with Crippen molar-refractivity contribution in [3.8, 4) is 11.1 Å². The van der Waals surface area contributed by atoms with Gasteiger partial charge in [0.1, 0.15) is 5.03 Å². The van der Waals surface area contributed by atoms with E-state index in [1.165, 1.54) is 11.1 Å². The molecule has 0 aliphatic carbocycles. The van der Waals surface area contributed by atoms with Gasteiger partial charge >= 0.3 is 0 Å². The van der Waals surface area contributed by atoms with Gasteiger partial charge in [-0.3, -0.25) is 0 Å². The third-order valence-electron chi connectivity index (χ3n) is 2.28. The highest BCUT2D eigenvalue weighted by atomic mass is 32.2. The third kappa shape index (κ3) is 2.21. The molecule has 0 spiro atoms. The van der Waals surface area contributed by atoms with Crippen LogP contribution in [0.25, 0.3) is 11.1 Å². The zero-order valence-corrected chi connectivity index (χ0v) is 9.71. The Morgan fingerprint density at radius 1 is 1.00 bits per heavy atom. The van der Waals surface area contributed by atoms with Gasteiger partial charge in [0.25, 0.3) is 0 Å². The Labute approximate surface area is 94.6 Å². The fourth-order valence-electron chi connectivity index (χ4n) is 1.53. The van der Waals surface area contributed by atoms with E-state index in [9.17, 15) is 0 Å². The van der Waals surface area contributed by atoms with Crippen LogP contribution in [0.3, 0.4) is 0 Å². The minimum absolute atomic E-state index is 1.07. The molecule has 2 heteroatoms. The molecule has 0 saturated heterocycles. The van der Waals surface area contributed by atoms with Gasteiger partial charge in [0, 0.05) is 11.3 Å². The highest BCUT2D eigenvalue weighted by molar-refractivity contribution is 7.98. The monoisotopic (exact) mass is 215 g/mol. The van der Waals surface area contributed by atoms with Crippen LogP contribution in [0, 0.1) is 6.92 Å². The first-order valence-corrected chi connectivity index (χ1v) is 6.11. The summed E-state index contributed by atoms with van der Waals surface area (Å²) in [6.45, 7) is 2.02. The van der Waals surface area contributed by atoms with E-state index in [0.717, 1.165) is 10.7 Å². The van der Waals surface area contributed by atoms with Crippen molar-refractivity contribution >= 4 is 11.8 Å². The van der Waals surface area contributed by atoms with E-state index in [4.69, 9.17) is 0 Å². The molecule has 0 saturated carbocycles. The van der Waals surface area contributed by atoms with Crippen molar-refractivity contribution in [2.24, 2.45) is 0 Å². The van der Waals surface area contributed by atoms with Crippen LogP contribution in [0.1, 0.15) is 5.69 Å². The van der Waals surface area contributed by atoms with E-state index in [0.29, 0.717) is 0 Å². The molecule has 0 unspecified atom stereocenters. The van der Waals surface area contributed by atoms with Crippen molar-refractivity contribution in [3.63, 3.8) is 0 Å². The predicted molar refractivity (Wildman–Crippen MR) is 66.2 cm³/mol. The number of aryl methyl sites for hydroxylation is 1. The van der Waals surface area contributed by atoms with Gasteiger partial charge in [-0.1, -0.05) is 30.3 Å². The molecule has 0 radical (unpaired) electrons. The SMILES string of the molecule is CSc1nc(C)ccc1-c1ccccc1. The molecule has 0 aliphatic rings. The van der Waals surface area contributed by atoms with Gasteiger partial charge < -0.3 is 0 Å². The Kier molecular flexibility index (Phi) is 3.07. The molecule has 0 fully saturated rings. The highest BCUT2D eigenvalue weighted by Gasteiger charge is 2.04. The molecule has 1 heterocycles. The van der Waals surface area contributed by atoms with Gasteiger partial charge in [-0.05, 0) is 30.9 Å². The van der Waals surface area contributed by atoms with Crippen molar-refractivity contribution in [2.75, 3.05) is 6.26 Å². The van der Waals surface area contributed by atoms with Crippen LogP contribution >= 0.6 is 11.8 Å². The largest absolute Gasteiger partial charge is 0.246 e. The van der Waals surface area contributed by atoms with Crippen LogP contribution in [0.2, 0.25) is 0 Å². The number of nitrogens with zero attached hydrogens (tertiary/aromatic N) is 1. The lowest BCUT2D eigenvalue weighted by molar-refractivity contribution is 1.07. The van der Waals surface area contributed by atoms with Crippen LogP contribution in [0.4, 0.5) is 0 Å². The average molecular weight is 215 g/mol. The molecule has 76 valence electrons. The Morgan fingerprint density at radius 3 is 2.40 bits per heavy atom. The first-order chi connectivity index (χ1) is 7.31. The van der Waals surface area contributed by atoms with Crippen LogP contribution in [-0.2, 0) is 0 Å². The molecule has 2 rings (SSSR count). The summed E-state index contributed by atoms with van der Waals surface area (Å²) in [4.78, 5) is 4.53. The zero-order valence-electron chi connectivity index (χ0n) is 8.90. The molecule has 1 aromatic carbocycles. The lowest BCUT2D eigenvalue weighted by Gasteiger charge is -2.07. The van der Waals surface area contributed by atoms with Gasteiger partial charge in [-0.15, -0.1) is 11.8 Å². The third-order valence-corrected chi connectivity index (χ3v) is 2.98. The summed E-state index contributed by atoms with van der Waals surface area (Å²) in [5.74, 6) is 0. The number of aromatic nitrogens is 1. The van der Waals surface area contributed by atoms with E-state index in [2.05, 4.69) is 47.6 Å². The molecule has 1 nitrogen and oxygen atoms in total. The van der Waals surface area contributed by atoms with Crippen molar-refractivity contribution < 1.29 is 0 Å². The fourth-order valence-corrected chi connectivity index (χ4v) is 2.17. The Balaban J connectivity index is 2.53. The second kappa shape index (κ2) is 4.49. The molecule has 0 N–H and O–H groups in total. The van der Waals surface area contributed by atoms with E-state index in [-0.39, 0.29) is 0 Å². The summed E-state index contributed by atoms with van der Waals surface area (Å²) < 4.78 is 0. The minimum Gasteiger partial charge on any atom is -0.246 e. The van der Waals surface area contributed by atoms with Crippen LogP contribution in [0.15, 0.2) is 47.5 Å². The molecular weight excluding hydrogens is 202 g/mol. The lowest BCUT2D eigenvalue weighted by Crippen LogP contribution is -1.88. The maximum absolute atomic E-state index is 4.53. The summed E-state index contributed by atoms with van der Waals surface area (Å²) >= 11 is 1.69. The Morgan fingerprint density at radius 2 is 1.73 bits per heavy atom. The van der Waals surface area contributed by atoms with Gasteiger partial charge in [0.05, 0.1) is 0 Å². The van der Waals surface area contributed by atoms with E-state index < -0.39 is 0 Å². The number of rotatable bonds is 2. The van der Waals surface area contributed by atoms with Crippen molar-refractivity contribution in [3.05, 3.63) is 48.2 Å². The second-order valence-corrected chi connectivity index (χ2v) is 4.17. The number of hydrogen-bond acceptors (Lipinski definition) is 2. The number of thioether (sulfide) groups is 1. The second-order valence-electron chi connectivity index (χ2n) is 3.38. The average Bonchev–Trinajstić information content (AvgIpc) is 2.30. The minimum atomic E-state index is 1.07. The number of hydrogen-bond donors (Lipinski definition) is 0. The van der Waals surface area contributed by atoms with Gasteiger partial charge in [0.2, 0.25) is 0 Å². The highest BCUT2D eigenvalue weighted by Crippen LogP contribution is 2.28. The van der Waals surface area contributed by atoms with Crippen molar-refractivity contribution in [1.82, 2.24) is 4.98 Å². The van der Waals surface area contributed by atoms with E-state index in [1.54, 1.807) is 11.8 Å². The van der Waals surface area contributed by atoms with E-state index >= 15 is 0 Å². The number of benzene rings is 1. The molecule has 0 atom stereocenters. The van der Waals surface area contributed by atoms with Crippen LogP contribution in [-0.4, -0.2) is 11.2 Å². The van der Waals surface area contributed by atoms with E-state index in [1.807, 2.05) is 13.0 Å². The normalized spacial score (nSPS) is 10.3. The number of pyridine rings is 1. The molecule has 2 aromatic rings. The Hall–Kier alpha value is -1.28. The molecule has 0 aliphatic heterocycles. The van der Waals surface area contributed by atoms with Crippen LogP contribution < -0.4 is 0 Å². The van der Waals surface area contributed by atoms with Crippen LogP contribution in [0.5, 0.6) is 0 Å². The lowest BCUT2D eigenvalue weighted by atomic mass is 10.1. The standard InChI is InChI=1S/C13H13NS/c1-10-8-9-12(13(14-10)15-2)11-6-4-3-5-7-11/h3-9H,1-2H3. The first kappa shape index (κ1) is 10.2. The molecule has 0 bridgehead atoms.